The summed E-state index contributed by atoms with van der Waals surface area (Å²) in [6.45, 7) is 1.64. The number of halogens is 4. The van der Waals surface area contributed by atoms with E-state index in [0.717, 1.165) is 18.2 Å². The van der Waals surface area contributed by atoms with Crippen LogP contribution < -0.4 is 0 Å². The molecule has 2 rings (SSSR count). The number of hydrogen-bond donors (Lipinski definition) is 1. The lowest BCUT2D eigenvalue weighted by Gasteiger charge is -2.14. The molecule has 0 aliphatic rings. The van der Waals surface area contributed by atoms with Crippen LogP contribution in [-0.4, -0.2) is 5.11 Å². The highest BCUT2D eigenvalue weighted by Gasteiger charge is 2.31. The van der Waals surface area contributed by atoms with Gasteiger partial charge in [0.15, 0.2) is 0 Å². The van der Waals surface area contributed by atoms with E-state index in [1.54, 1.807) is 6.92 Å². The van der Waals surface area contributed by atoms with Gasteiger partial charge in [-0.3, -0.25) is 0 Å². The summed E-state index contributed by atoms with van der Waals surface area (Å²) < 4.78 is 51.1. The number of rotatable bonds is 2. The van der Waals surface area contributed by atoms with E-state index < -0.39 is 23.7 Å². The molecule has 0 fully saturated rings. The summed E-state index contributed by atoms with van der Waals surface area (Å²) in [5.74, 6) is -0.536. The SMILES string of the molecule is Cc1cc(F)cc(C(O)c2cccc(C(F)(F)F)c2)c1. The Morgan fingerprint density at radius 3 is 2.30 bits per heavy atom. The van der Waals surface area contributed by atoms with Gasteiger partial charge in [-0.2, -0.15) is 13.2 Å². The van der Waals surface area contributed by atoms with Gasteiger partial charge < -0.3 is 5.11 Å². The predicted molar refractivity (Wildman–Crippen MR) is 66.6 cm³/mol. The Morgan fingerprint density at radius 1 is 1.00 bits per heavy atom. The number of hydrogen-bond acceptors (Lipinski definition) is 1. The number of aliphatic hydroxyl groups excluding tert-OH is 1. The van der Waals surface area contributed by atoms with Crippen LogP contribution in [-0.2, 0) is 6.18 Å². The van der Waals surface area contributed by atoms with E-state index in [0.29, 0.717) is 5.56 Å². The van der Waals surface area contributed by atoms with E-state index in [4.69, 9.17) is 0 Å². The number of aryl methyl sites for hydroxylation is 1. The minimum atomic E-state index is -4.48. The van der Waals surface area contributed by atoms with Crippen LogP contribution in [0.2, 0.25) is 0 Å². The van der Waals surface area contributed by atoms with Gasteiger partial charge >= 0.3 is 6.18 Å². The zero-order chi connectivity index (χ0) is 14.9. The Hall–Kier alpha value is -1.88. The van der Waals surface area contributed by atoms with Crippen molar-refractivity contribution in [2.75, 3.05) is 0 Å². The van der Waals surface area contributed by atoms with Crippen LogP contribution in [0.3, 0.4) is 0 Å². The molecule has 1 unspecified atom stereocenters. The topological polar surface area (TPSA) is 20.2 Å². The molecule has 5 heteroatoms. The Balaban J connectivity index is 2.40. The summed E-state index contributed by atoms with van der Waals surface area (Å²) in [5, 5.41) is 10.1. The first-order chi connectivity index (χ1) is 9.27. The number of benzene rings is 2. The van der Waals surface area contributed by atoms with E-state index in [1.165, 1.54) is 24.3 Å². The summed E-state index contributed by atoms with van der Waals surface area (Å²) in [7, 11) is 0. The lowest BCUT2D eigenvalue weighted by molar-refractivity contribution is -0.137. The highest BCUT2D eigenvalue weighted by Crippen LogP contribution is 2.32. The summed E-state index contributed by atoms with van der Waals surface area (Å²) in [6, 6.07) is 8.31. The van der Waals surface area contributed by atoms with Gasteiger partial charge in [0.05, 0.1) is 5.56 Å². The van der Waals surface area contributed by atoms with Crippen molar-refractivity contribution in [1.82, 2.24) is 0 Å². The van der Waals surface area contributed by atoms with Crippen LogP contribution in [0.4, 0.5) is 17.6 Å². The third-order valence-electron chi connectivity index (χ3n) is 2.91. The van der Waals surface area contributed by atoms with E-state index >= 15 is 0 Å². The van der Waals surface area contributed by atoms with Crippen molar-refractivity contribution in [3.63, 3.8) is 0 Å². The fourth-order valence-electron chi connectivity index (χ4n) is 2.00. The molecule has 0 radical (unpaired) electrons. The summed E-state index contributed by atoms with van der Waals surface area (Å²) in [4.78, 5) is 0. The van der Waals surface area contributed by atoms with Crippen LogP contribution in [0.15, 0.2) is 42.5 Å². The molecule has 1 nitrogen and oxygen atoms in total. The second-order valence-corrected chi connectivity index (χ2v) is 4.59. The van der Waals surface area contributed by atoms with Gasteiger partial charge in [-0.05, 0) is 47.9 Å². The molecule has 2 aromatic carbocycles. The van der Waals surface area contributed by atoms with Crippen molar-refractivity contribution in [2.24, 2.45) is 0 Å². The van der Waals surface area contributed by atoms with Crippen molar-refractivity contribution >= 4 is 0 Å². The molecule has 20 heavy (non-hydrogen) atoms. The molecule has 0 aliphatic heterocycles. The largest absolute Gasteiger partial charge is 0.416 e. The highest BCUT2D eigenvalue weighted by molar-refractivity contribution is 5.35. The molecule has 1 N–H and O–H groups in total. The van der Waals surface area contributed by atoms with Crippen LogP contribution in [0.1, 0.15) is 28.4 Å². The maximum Gasteiger partial charge on any atom is 0.416 e. The van der Waals surface area contributed by atoms with Crippen LogP contribution in [0.25, 0.3) is 0 Å². The van der Waals surface area contributed by atoms with Gasteiger partial charge in [0.2, 0.25) is 0 Å². The van der Waals surface area contributed by atoms with Gasteiger partial charge in [-0.25, -0.2) is 4.39 Å². The van der Waals surface area contributed by atoms with E-state index in [2.05, 4.69) is 0 Å². The van der Waals surface area contributed by atoms with Crippen molar-refractivity contribution in [3.05, 3.63) is 70.5 Å². The molecule has 0 aliphatic carbocycles. The van der Waals surface area contributed by atoms with Crippen molar-refractivity contribution in [1.29, 1.82) is 0 Å². The summed E-state index contributed by atoms with van der Waals surface area (Å²) >= 11 is 0. The first-order valence-corrected chi connectivity index (χ1v) is 5.89. The highest BCUT2D eigenvalue weighted by atomic mass is 19.4. The Kier molecular flexibility index (Phi) is 3.81. The predicted octanol–water partition coefficient (Wildman–Crippen LogP) is 4.23. The maximum atomic E-state index is 13.3. The zero-order valence-electron chi connectivity index (χ0n) is 10.6. The zero-order valence-corrected chi connectivity index (χ0v) is 10.6. The molecule has 0 saturated carbocycles. The molecule has 106 valence electrons. The quantitative estimate of drug-likeness (QED) is 0.818. The average Bonchev–Trinajstić information content (AvgIpc) is 2.36. The monoisotopic (exact) mass is 284 g/mol. The third kappa shape index (κ3) is 3.17. The van der Waals surface area contributed by atoms with Crippen LogP contribution in [0, 0.1) is 12.7 Å². The van der Waals surface area contributed by atoms with E-state index in [-0.39, 0.29) is 11.1 Å². The first-order valence-electron chi connectivity index (χ1n) is 5.89. The lowest BCUT2D eigenvalue weighted by Crippen LogP contribution is -2.07. The summed E-state index contributed by atoms with van der Waals surface area (Å²) in [6.07, 6.45) is -5.78. The first kappa shape index (κ1) is 14.5. The number of alkyl halides is 3. The third-order valence-corrected chi connectivity index (χ3v) is 2.91. The number of aliphatic hydroxyl groups is 1. The Labute approximate surface area is 113 Å². The molecule has 0 bridgehead atoms. The van der Waals surface area contributed by atoms with Gasteiger partial charge in [0, 0.05) is 0 Å². The van der Waals surface area contributed by atoms with Gasteiger partial charge in [-0.1, -0.05) is 18.2 Å². The molecular weight excluding hydrogens is 272 g/mol. The van der Waals surface area contributed by atoms with Crippen LogP contribution >= 0.6 is 0 Å². The minimum absolute atomic E-state index is 0.0739. The van der Waals surface area contributed by atoms with Gasteiger partial charge in [-0.15, -0.1) is 0 Å². The molecular formula is C15H12F4O. The fraction of sp³-hybridized carbons (Fsp3) is 0.200. The molecule has 1 atom stereocenters. The normalized spacial score (nSPS) is 13.3. The van der Waals surface area contributed by atoms with Crippen LogP contribution in [0.5, 0.6) is 0 Å². The smallest absolute Gasteiger partial charge is 0.384 e. The summed E-state index contributed by atoms with van der Waals surface area (Å²) in [5.41, 5.74) is 0.0415. The lowest BCUT2D eigenvalue weighted by atomic mass is 9.98. The Bertz CT molecular complexity index is 599. The average molecular weight is 284 g/mol. The van der Waals surface area contributed by atoms with E-state index in [1.807, 2.05) is 0 Å². The van der Waals surface area contributed by atoms with E-state index in [9.17, 15) is 22.7 Å². The standard InChI is InChI=1S/C15H12F4O/c1-9-5-11(8-13(16)6-9)14(20)10-3-2-4-12(7-10)15(17,18)19/h2-8,14,20H,1H3. The second-order valence-electron chi connectivity index (χ2n) is 4.59. The Morgan fingerprint density at radius 2 is 1.70 bits per heavy atom. The fourth-order valence-corrected chi connectivity index (χ4v) is 2.00. The molecule has 0 saturated heterocycles. The molecule has 2 aromatic rings. The van der Waals surface area contributed by atoms with Crippen molar-refractivity contribution < 1.29 is 22.7 Å². The minimum Gasteiger partial charge on any atom is -0.384 e. The van der Waals surface area contributed by atoms with Gasteiger partial charge in [0.1, 0.15) is 11.9 Å². The van der Waals surface area contributed by atoms with Gasteiger partial charge in [0.25, 0.3) is 0 Å². The molecule has 0 spiro atoms. The van der Waals surface area contributed by atoms with Crippen molar-refractivity contribution in [3.8, 4) is 0 Å². The molecule has 0 heterocycles. The second kappa shape index (κ2) is 5.25. The maximum absolute atomic E-state index is 13.3. The molecule has 0 aromatic heterocycles. The van der Waals surface area contributed by atoms with Crippen molar-refractivity contribution in [2.45, 2.75) is 19.2 Å². The molecule has 0 amide bonds.